The van der Waals surface area contributed by atoms with E-state index in [4.69, 9.17) is 23.1 Å². The molecular formula is C41H64O15S. The van der Waals surface area contributed by atoms with Gasteiger partial charge in [-0.2, -0.15) is 8.42 Å². The molecule has 324 valence electrons. The maximum Gasteiger partial charge on any atom is 0.397 e. The monoisotopic (exact) mass is 828 g/mol. The minimum Gasteiger partial charge on any atom is -0.432 e. The molecule has 16 heteroatoms. The molecule has 0 aromatic rings. The first kappa shape index (κ1) is 43.5. The lowest BCUT2D eigenvalue weighted by atomic mass is 9.34. The van der Waals surface area contributed by atoms with Gasteiger partial charge in [0.25, 0.3) is 0 Å². The van der Waals surface area contributed by atoms with Crippen molar-refractivity contribution in [1.82, 2.24) is 0 Å². The van der Waals surface area contributed by atoms with E-state index < -0.39 is 95.2 Å². The SMILES string of the molecule is CC1=C(C)C2C3=CCC4C5(C)CCC(OC6OCC(O)C(O)C6OS(=O)(=O)O)C(C)(C)C5CCC4(C)C3(C)CCC2(C(=O)OC2OC(CO)C(O)C(O)C2O)CC1. The molecule has 17 atom stereocenters. The number of hydrogen-bond acceptors (Lipinski definition) is 14. The molecule has 0 spiro atoms. The first-order chi connectivity index (χ1) is 26.5. The van der Waals surface area contributed by atoms with E-state index in [2.05, 4.69) is 54.5 Å². The quantitative estimate of drug-likeness (QED) is 0.0846. The molecule has 5 fully saturated rings. The summed E-state index contributed by atoms with van der Waals surface area (Å²) < 4.78 is 61.3. The third-order valence-corrected chi connectivity index (χ3v) is 17.3. The second-order valence-electron chi connectivity index (χ2n) is 19.7. The highest BCUT2D eigenvalue weighted by molar-refractivity contribution is 7.80. The highest BCUT2D eigenvalue weighted by atomic mass is 32.3. The molecule has 0 amide bonds. The number of aliphatic hydroxyl groups excluding tert-OH is 6. The van der Waals surface area contributed by atoms with Gasteiger partial charge in [-0.15, -0.1) is 0 Å². The molecule has 3 saturated carbocycles. The second-order valence-corrected chi connectivity index (χ2v) is 20.7. The summed E-state index contributed by atoms with van der Waals surface area (Å²) in [6.45, 7) is 14.8. The van der Waals surface area contributed by atoms with Crippen molar-refractivity contribution in [3.05, 3.63) is 22.8 Å². The van der Waals surface area contributed by atoms with E-state index in [1.807, 2.05) is 0 Å². The van der Waals surface area contributed by atoms with Gasteiger partial charge in [-0.3, -0.25) is 9.35 Å². The van der Waals surface area contributed by atoms with Crippen LogP contribution < -0.4 is 0 Å². The number of hydrogen-bond donors (Lipinski definition) is 7. The molecule has 7 rings (SSSR count). The fourth-order valence-corrected chi connectivity index (χ4v) is 13.8. The molecule has 0 radical (unpaired) electrons. The van der Waals surface area contributed by atoms with Gasteiger partial charge in [-0.05, 0) is 105 Å². The van der Waals surface area contributed by atoms with Gasteiger partial charge in [-0.1, -0.05) is 57.4 Å². The van der Waals surface area contributed by atoms with Gasteiger partial charge < -0.3 is 49.6 Å². The first-order valence-corrected chi connectivity index (χ1v) is 22.0. The van der Waals surface area contributed by atoms with Crippen molar-refractivity contribution in [2.24, 2.45) is 44.8 Å². The molecule has 0 aromatic carbocycles. The predicted octanol–water partition coefficient (Wildman–Crippen LogP) is 2.70. The minimum absolute atomic E-state index is 0.126. The molecule has 7 aliphatic rings. The lowest BCUT2D eigenvalue weighted by molar-refractivity contribution is -0.304. The van der Waals surface area contributed by atoms with Gasteiger partial charge in [0.1, 0.15) is 36.6 Å². The highest BCUT2D eigenvalue weighted by Gasteiger charge is 2.70. The summed E-state index contributed by atoms with van der Waals surface area (Å²) in [4.78, 5) is 14.6. The van der Waals surface area contributed by atoms with Gasteiger partial charge >= 0.3 is 16.4 Å². The Hall–Kier alpha value is -1.54. The number of aliphatic hydroxyl groups is 6. The van der Waals surface area contributed by atoms with Crippen LogP contribution in [-0.2, 0) is 38.3 Å². The van der Waals surface area contributed by atoms with Crippen molar-refractivity contribution in [2.75, 3.05) is 13.2 Å². The van der Waals surface area contributed by atoms with Gasteiger partial charge in [0.15, 0.2) is 12.4 Å². The van der Waals surface area contributed by atoms with Crippen LogP contribution in [0.25, 0.3) is 0 Å². The molecule has 2 aliphatic heterocycles. The lowest BCUT2D eigenvalue weighted by Crippen LogP contribution is -2.66. The molecule has 17 unspecified atom stereocenters. The molecule has 15 nitrogen and oxygen atoms in total. The minimum atomic E-state index is -4.99. The third kappa shape index (κ3) is 6.71. The highest BCUT2D eigenvalue weighted by Crippen LogP contribution is 2.75. The van der Waals surface area contributed by atoms with E-state index in [9.17, 15) is 48.4 Å². The van der Waals surface area contributed by atoms with E-state index in [-0.39, 0.29) is 40.6 Å². The van der Waals surface area contributed by atoms with E-state index in [1.54, 1.807) is 0 Å². The summed E-state index contributed by atoms with van der Waals surface area (Å²) in [5.74, 6) is -0.287. The van der Waals surface area contributed by atoms with Crippen LogP contribution in [-0.4, -0.2) is 124 Å². The molecule has 2 saturated heterocycles. The number of ether oxygens (including phenoxy) is 4. The fourth-order valence-electron chi connectivity index (χ4n) is 13.3. The van der Waals surface area contributed by atoms with Crippen LogP contribution in [0.1, 0.15) is 106 Å². The van der Waals surface area contributed by atoms with Crippen molar-refractivity contribution in [3.63, 3.8) is 0 Å². The lowest BCUT2D eigenvalue weighted by Gasteiger charge is -2.71. The Morgan fingerprint density at radius 2 is 1.58 bits per heavy atom. The van der Waals surface area contributed by atoms with Crippen LogP contribution in [0, 0.1) is 44.8 Å². The van der Waals surface area contributed by atoms with Crippen molar-refractivity contribution >= 4 is 16.4 Å². The second kappa shape index (κ2) is 14.8. The van der Waals surface area contributed by atoms with Crippen LogP contribution in [0.2, 0.25) is 0 Å². The Bertz CT molecular complexity index is 1750. The smallest absolute Gasteiger partial charge is 0.397 e. The number of allylic oxidation sites excluding steroid dienone is 4. The van der Waals surface area contributed by atoms with Gasteiger partial charge in [0.05, 0.1) is 24.7 Å². The van der Waals surface area contributed by atoms with Crippen LogP contribution in [0.3, 0.4) is 0 Å². The first-order valence-electron chi connectivity index (χ1n) is 20.6. The van der Waals surface area contributed by atoms with Gasteiger partial charge in [0.2, 0.25) is 6.29 Å². The van der Waals surface area contributed by atoms with Gasteiger partial charge in [-0.25, -0.2) is 4.18 Å². The van der Waals surface area contributed by atoms with E-state index in [0.717, 1.165) is 37.7 Å². The zero-order chi connectivity index (χ0) is 41.8. The Balaban J connectivity index is 1.17. The van der Waals surface area contributed by atoms with Crippen LogP contribution in [0.5, 0.6) is 0 Å². The Labute approximate surface area is 335 Å². The fraction of sp³-hybridized carbons (Fsp3) is 0.878. The third-order valence-electron chi connectivity index (χ3n) is 16.9. The predicted molar refractivity (Wildman–Crippen MR) is 202 cm³/mol. The number of carbonyl (C=O) groups excluding carboxylic acids is 1. The van der Waals surface area contributed by atoms with E-state index in [1.165, 1.54) is 11.1 Å². The molecule has 0 aromatic heterocycles. The molecular weight excluding hydrogens is 765 g/mol. The summed E-state index contributed by atoms with van der Waals surface area (Å²) in [5, 5.41) is 62.1. The Morgan fingerprint density at radius 1 is 0.877 bits per heavy atom. The van der Waals surface area contributed by atoms with Crippen molar-refractivity contribution < 1.29 is 71.5 Å². The van der Waals surface area contributed by atoms with Crippen molar-refractivity contribution in [1.29, 1.82) is 0 Å². The summed E-state index contributed by atoms with van der Waals surface area (Å²) in [5.41, 5.74) is 1.71. The zero-order valence-corrected chi connectivity index (χ0v) is 35.0. The topological polar surface area (TPSA) is 239 Å². The standard InChI is InChI=1S/C41H64O15S/c1-20-10-15-41(36(48)55-34-32(47)31(46)30(45)24(18-42)53-34)17-16-39(6)22(28(41)21(20)2)8-9-26-38(5)13-12-27(37(3,4)25(38)11-14-40(26,39)7)54-35-33(56-57(49,50)51)29(44)23(43)19-52-35/h8,23-35,42-47H,9-19H2,1-7H3,(H,49,50,51). The van der Waals surface area contributed by atoms with E-state index in [0.29, 0.717) is 25.7 Å². The Kier molecular flexibility index (Phi) is 11.3. The molecule has 7 N–H and O–H groups in total. The van der Waals surface area contributed by atoms with Crippen molar-refractivity contribution in [3.8, 4) is 0 Å². The van der Waals surface area contributed by atoms with Crippen LogP contribution in [0.4, 0.5) is 0 Å². The molecule has 0 bridgehead atoms. The van der Waals surface area contributed by atoms with Gasteiger partial charge in [0, 0.05) is 5.92 Å². The maximum absolute atomic E-state index is 14.6. The number of fused-ring (bicyclic) bond motifs is 7. The summed E-state index contributed by atoms with van der Waals surface area (Å²) in [6, 6.07) is 0. The average molecular weight is 829 g/mol. The summed E-state index contributed by atoms with van der Waals surface area (Å²) in [7, 11) is -4.99. The van der Waals surface area contributed by atoms with Crippen molar-refractivity contribution in [2.45, 2.75) is 168 Å². The molecule has 2 heterocycles. The van der Waals surface area contributed by atoms with Crippen LogP contribution >= 0.6 is 0 Å². The Morgan fingerprint density at radius 3 is 2.25 bits per heavy atom. The number of carbonyl (C=O) groups is 1. The molecule has 57 heavy (non-hydrogen) atoms. The summed E-state index contributed by atoms with van der Waals surface area (Å²) >= 11 is 0. The largest absolute Gasteiger partial charge is 0.432 e. The normalized spacial score (nSPS) is 49.8. The number of esters is 1. The molecule has 5 aliphatic carbocycles. The van der Waals surface area contributed by atoms with E-state index >= 15 is 0 Å². The average Bonchev–Trinajstić information content (AvgIpc) is 3.13. The summed E-state index contributed by atoms with van der Waals surface area (Å²) in [6.07, 6.45) is -5.17. The van der Waals surface area contributed by atoms with Crippen LogP contribution in [0.15, 0.2) is 22.8 Å². The number of rotatable bonds is 7. The zero-order valence-electron chi connectivity index (χ0n) is 34.2. The maximum atomic E-state index is 14.6.